The van der Waals surface area contributed by atoms with Gasteiger partial charge in [0.1, 0.15) is 12.4 Å². The molecule has 0 atom stereocenters. The van der Waals surface area contributed by atoms with Gasteiger partial charge in [0.25, 0.3) is 0 Å². The second kappa shape index (κ2) is 7.70. The highest BCUT2D eigenvalue weighted by molar-refractivity contribution is 5.92. The number of methoxy groups -OCH3 is 1. The van der Waals surface area contributed by atoms with Gasteiger partial charge in [0.15, 0.2) is 0 Å². The number of benzene rings is 2. The summed E-state index contributed by atoms with van der Waals surface area (Å²) < 4.78 is 10.2. The fraction of sp³-hybridized carbons (Fsp3) is 0.105. The molecule has 2 rings (SSSR count). The molecule has 3 nitrogen and oxygen atoms in total. The number of hydrogen-bond donors (Lipinski definition) is 0. The average molecular weight is 292 g/mol. The van der Waals surface area contributed by atoms with Gasteiger partial charge in [0.2, 0.25) is 0 Å². The predicted octanol–water partition coefficient (Wildman–Crippen LogP) is 3.44. The normalized spacial score (nSPS) is 9.32. The number of carbonyl (C=O) groups is 1. The van der Waals surface area contributed by atoms with E-state index in [9.17, 15) is 4.79 Å². The van der Waals surface area contributed by atoms with Crippen LogP contribution in [-0.2, 0) is 4.74 Å². The van der Waals surface area contributed by atoms with Crippen molar-refractivity contribution in [1.29, 1.82) is 0 Å². The van der Waals surface area contributed by atoms with Gasteiger partial charge >= 0.3 is 5.97 Å². The van der Waals surface area contributed by atoms with Gasteiger partial charge in [0, 0.05) is 11.1 Å². The lowest BCUT2D eigenvalue weighted by Crippen LogP contribution is -2.07. The molecular formula is C19H16O3. The van der Waals surface area contributed by atoms with Gasteiger partial charge in [-0.05, 0) is 36.4 Å². The van der Waals surface area contributed by atoms with E-state index in [1.54, 1.807) is 25.3 Å². The van der Waals surface area contributed by atoms with E-state index in [-0.39, 0.29) is 6.61 Å². The third-order valence-corrected chi connectivity index (χ3v) is 2.91. The van der Waals surface area contributed by atoms with E-state index < -0.39 is 5.97 Å². The third-order valence-electron chi connectivity index (χ3n) is 2.91. The van der Waals surface area contributed by atoms with Crippen LogP contribution >= 0.6 is 0 Å². The molecule has 0 unspecified atom stereocenters. The van der Waals surface area contributed by atoms with E-state index in [1.807, 2.05) is 30.3 Å². The standard InChI is InChI=1S/C19H16O3/c1-3-14-22-19(20)18-7-5-4-6-16(18)11-8-15-9-12-17(21-2)13-10-15/h3-7,9-10,12-13H,1,14H2,2H3. The summed E-state index contributed by atoms with van der Waals surface area (Å²) >= 11 is 0. The first-order valence-electron chi connectivity index (χ1n) is 6.77. The summed E-state index contributed by atoms with van der Waals surface area (Å²) in [6.45, 7) is 3.70. The van der Waals surface area contributed by atoms with Gasteiger partial charge in [-0.1, -0.05) is 36.6 Å². The molecular weight excluding hydrogens is 276 g/mol. The van der Waals surface area contributed by atoms with Crippen molar-refractivity contribution in [3.63, 3.8) is 0 Å². The molecule has 0 aliphatic rings. The van der Waals surface area contributed by atoms with Crippen LogP contribution in [0.15, 0.2) is 61.2 Å². The highest BCUT2D eigenvalue weighted by Crippen LogP contribution is 2.12. The van der Waals surface area contributed by atoms with Crippen molar-refractivity contribution in [2.24, 2.45) is 0 Å². The highest BCUT2D eigenvalue weighted by atomic mass is 16.5. The van der Waals surface area contributed by atoms with Crippen molar-refractivity contribution in [3.05, 3.63) is 77.9 Å². The molecule has 0 spiro atoms. The van der Waals surface area contributed by atoms with E-state index in [2.05, 4.69) is 18.4 Å². The van der Waals surface area contributed by atoms with Crippen LogP contribution in [0.5, 0.6) is 5.75 Å². The van der Waals surface area contributed by atoms with Gasteiger partial charge in [-0.25, -0.2) is 4.79 Å². The number of rotatable bonds is 4. The Morgan fingerprint density at radius 1 is 1.14 bits per heavy atom. The second-order valence-electron chi connectivity index (χ2n) is 4.41. The first-order valence-corrected chi connectivity index (χ1v) is 6.77. The zero-order valence-electron chi connectivity index (χ0n) is 12.3. The van der Waals surface area contributed by atoms with Gasteiger partial charge in [-0.2, -0.15) is 0 Å². The molecule has 0 aromatic heterocycles. The van der Waals surface area contributed by atoms with E-state index in [1.165, 1.54) is 6.08 Å². The molecule has 0 fully saturated rings. The summed E-state index contributed by atoms with van der Waals surface area (Å²) in [6.07, 6.45) is 1.53. The van der Waals surface area contributed by atoms with Crippen LogP contribution in [0, 0.1) is 11.8 Å². The van der Waals surface area contributed by atoms with Crippen LogP contribution in [0.2, 0.25) is 0 Å². The smallest absolute Gasteiger partial charge is 0.339 e. The summed E-state index contributed by atoms with van der Waals surface area (Å²) in [5.74, 6) is 6.41. The maximum atomic E-state index is 12.0. The molecule has 0 aliphatic carbocycles. The molecule has 0 radical (unpaired) electrons. The van der Waals surface area contributed by atoms with Crippen molar-refractivity contribution >= 4 is 5.97 Å². The molecule has 2 aromatic carbocycles. The number of ether oxygens (including phenoxy) is 2. The Balaban J connectivity index is 2.24. The van der Waals surface area contributed by atoms with Gasteiger partial charge in [0.05, 0.1) is 12.7 Å². The van der Waals surface area contributed by atoms with Crippen molar-refractivity contribution in [2.45, 2.75) is 0 Å². The lowest BCUT2D eigenvalue weighted by molar-refractivity contribution is 0.0549. The minimum Gasteiger partial charge on any atom is -0.497 e. The SMILES string of the molecule is C=CCOC(=O)c1ccccc1C#Cc1ccc(OC)cc1. The summed E-state index contributed by atoms with van der Waals surface area (Å²) in [5.41, 5.74) is 1.92. The highest BCUT2D eigenvalue weighted by Gasteiger charge is 2.10. The van der Waals surface area contributed by atoms with Gasteiger partial charge in [-0.15, -0.1) is 0 Å². The van der Waals surface area contributed by atoms with Crippen molar-refractivity contribution in [2.75, 3.05) is 13.7 Å². The predicted molar refractivity (Wildman–Crippen MR) is 85.9 cm³/mol. The minimum atomic E-state index is -0.403. The molecule has 3 heteroatoms. The Kier molecular flexibility index (Phi) is 5.39. The Morgan fingerprint density at radius 3 is 2.55 bits per heavy atom. The molecule has 2 aromatic rings. The van der Waals surface area contributed by atoms with Gasteiger partial charge in [-0.3, -0.25) is 0 Å². The molecule has 0 N–H and O–H groups in total. The maximum Gasteiger partial charge on any atom is 0.339 e. The average Bonchev–Trinajstić information content (AvgIpc) is 2.58. The van der Waals surface area contributed by atoms with Crippen LogP contribution in [0.4, 0.5) is 0 Å². The van der Waals surface area contributed by atoms with Crippen LogP contribution in [0.1, 0.15) is 21.5 Å². The van der Waals surface area contributed by atoms with Crippen molar-refractivity contribution in [3.8, 4) is 17.6 Å². The van der Waals surface area contributed by atoms with Crippen molar-refractivity contribution < 1.29 is 14.3 Å². The molecule has 22 heavy (non-hydrogen) atoms. The topological polar surface area (TPSA) is 35.5 Å². The van der Waals surface area contributed by atoms with E-state index in [0.29, 0.717) is 11.1 Å². The summed E-state index contributed by atoms with van der Waals surface area (Å²) in [4.78, 5) is 12.0. The molecule has 110 valence electrons. The first kappa shape index (κ1) is 15.4. The molecule has 0 bridgehead atoms. The molecule has 0 amide bonds. The third kappa shape index (κ3) is 4.00. The quantitative estimate of drug-likeness (QED) is 0.492. The lowest BCUT2D eigenvalue weighted by Gasteiger charge is -2.03. The Hall–Kier alpha value is -2.99. The largest absolute Gasteiger partial charge is 0.497 e. The van der Waals surface area contributed by atoms with E-state index in [0.717, 1.165) is 11.3 Å². The fourth-order valence-electron chi connectivity index (χ4n) is 1.80. The Morgan fingerprint density at radius 2 is 1.86 bits per heavy atom. The molecule has 0 saturated heterocycles. The van der Waals surface area contributed by atoms with Crippen LogP contribution in [0.25, 0.3) is 0 Å². The van der Waals surface area contributed by atoms with Crippen LogP contribution in [0.3, 0.4) is 0 Å². The second-order valence-corrected chi connectivity index (χ2v) is 4.41. The summed E-state index contributed by atoms with van der Waals surface area (Å²) in [6, 6.07) is 14.5. The Bertz CT molecular complexity index is 718. The Labute approximate surface area is 130 Å². The molecule has 0 heterocycles. The molecule has 0 aliphatic heterocycles. The fourth-order valence-corrected chi connectivity index (χ4v) is 1.80. The van der Waals surface area contributed by atoms with E-state index in [4.69, 9.17) is 9.47 Å². The number of carbonyl (C=O) groups excluding carboxylic acids is 1. The number of esters is 1. The summed E-state index contributed by atoms with van der Waals surface area (Å²) in [5, 5.41) is 0. The minimum absolute atomic E-state index is 0.180. The number of hydrogen-bond acceptors (Lipinski definition) is 3. The van der Waals surface area contributed by atoms with Crippen LogP contribution in [-0.4, -0.2) is 19.7 Å². The van der Waals surface area contributed by atoms with Crippen molar-refractivity contribution in [1.82, 2.24) is 0 Å². The lowest BCUT2D eigenvalue weighted by atomic mass is 10.1. The van der Waals surface area contributed by atoms with Crippen LogP contribution < -0.4 is 4.74 Å². The van der Waals surface area contributed by atoms with E-state index >= 15 is 0 Å². The summed E-state index contributed by atoms with van der Waals surface area (Å²) in [7, 11) is 1.62. The first-order chi connectivity index (χ1) is 10.7. The monoisotopic (exact) mass is 292 g/mol. The molecule has 0 saturated carbocycles. The maximum absolute atomic E-state index is 12.0. The zero-order chi connectivity index (χ0) is 15.8. The van der Waals surface area contributed by atoms with Gasteiger partial charge < -0.3 is 9.47 Å². The zero-order valence-corrected chi connectivity index (χ0v) is 12.3.